The maximum Gasteiger partial charge on any atom is 0.416 e. The van der Waals surface area contributed by atoms with Gasteiger partial charge in [0.15, 0.2) is 0 Å². The van der Waals surface area contributed by atoms with Gasteiger partial charge in [-0.1, -0.05) is 6.07 Å². The van der Waals surface area contributed by atoms with Gasteiger partial charge in [0, 0.05) is 61.9 Å². The topological polar surface area (TPSA) is 76.5 Å². The molecule has 1 aliphatic heterocycles. The smallest absolute Gasteiger partial charge is 0.383 e. The van der Waals surface area contributed by atoms with E-state index >= 15 is 0 Å². The summed E-state index contributed by atoms with van der Waals surface area (Å²) >= 11 is 0. The number of aryl methyl sites for hydroxylation is 2. The van der Waals surface area contributed by atoms with Crippen molar-refractivity contribution in [1.29, 1.82) is 0 Å². The normalized spacial score (nSPS) is 14.3. The molecule has 0 saturated carbocycles. The van der Waals surface area contributed by atoms with Crippen LogP contribution in [0.3, 0.4) is 0 Å². The maximum absolute atomic E-state index is 13.2. The van der Waals surface area contributed by atoms with Crippen LogP contribution in [0, 0.1) is 19.8 Å². The van der Waals surface area contributed by atoms with Crippen molar-refractivity contribution in [2.75, 3.05) is 33.4 Å². The first kappa shape index (κ1) is 24.7. The number of carbonyl (C=O) groups excluding carboxylic acids is 2. The molecule has 0 spiro atoms. The number of ether oxygens (including phenoxy) is 1. The molecule has 1 saturated heterocycles. The van der Waals surface area contributed by atoms with Crippen LogP contribution in [-0.4, -0.2) is 59.8 Å². The minimum Gasteiger partial charge on any atom is -0.383 e. The summed E-state index contributed by atoms with van der Waals surface area (Å²) in [5.74, 6) is -0.442. The number of alkyl halides is 3. The molecule has 1 aliphatic rings. The van der Waals surface area contributed by atoms with Crippen molar-refractivity contribution in [1.82, 2.24) is 20.0 Å². The van der Waals surface area contributed by atoms with Crippen LogP contribution in [0.15, 0.2) is 36.5 Å². The third kappa shape index (κ3) is 5.17. The zero-order valence-electron chi connectivity index (χ0n) is 19.8. The van der Waals surface area contributed by atoms with Crippen LogP contribution >= 0.6 is 0 Å². The number of nitrogens with zero attached hydrogens (tertiary/aromatic N) is 3. The highest BCUT2D eigenvalue weighted by Crippen LogP contribution is 2.33. The quantitative estimate of drug-likeness (QED) is 0.513. The monoisotopic (exact) mass is 488 g/mol. The van der Waals surface area contributed by atoms with E-state index in [9.17, 15) is 22.8 Å². The Morgan fingerprint density at radius 3 is 2.60 bits per heavy atom. The first-order valence-corrected chi connectivity index (χ1v) is 11.3. The summed E-state index contributed by atoms with van der Waals surface area (Å²) < 4.78 is 46.3. The first-order valence-electron chi connectivity index (χ1n) is 11.3. The molecule has 10 heteroatoms. The summed E-state index contributed by atoms with van der Waals surface area (Å²) in [6.07, 6.45) is -2.61. The lowest BCUT2D eigenvalue weighted by molar-refractivity contribution is -0.138. The Morgan fingerprint density at radius 1 is 1.17 bits per heavy atom. The van der Waals surface area contributed by atoms with Crippen molar-refractivity contribution in [2.24, 2.45) is 5.92 Å². The Labute approximate surface area is 200 Å². The number of hydrogen-bond donors (Lipinski definition) is 1. The van der Waals surface area contributed by atoms with Crippen molar-refractivity contribution < 1.29 is 27.5 Å². The molecule has 2 aromatic carbocycles. The minimum absolute atomic E-state index is 0.0399. The summed E-state index contributed by atoms with van der Waals surface area (Å²) in [6.45, 7) is 5.55. The van der Waals surface area contributed by atoms with Crippen molar-refractivity contribution >= 4 is 22.7 Å². The van der Waals surface area contributed by atoms with Crippen LogP contribution in [0.5, 0.6) is 0 Å². The second kappa shape index (κ2) is 9.69. The molecule has 0 radical (unpaired) electrons. The van der Waals surface area contributed by atoms with Crippen molar-refractivity contribution in [2.45, 2.75) is 26.6 Å². The highest BCUT2D eigenvalue weighted by atomic mass is 19.4. The van der Waals surface area contributed by atoms with E-state index in [1.165, 1.54) is 19.1 Å². The highest BCUT2D eigenvalue weighted by molar-refractivity contribution is 6.00. The second-order valence-electron chi connectivity index (χ2n) is 8.87. The number of hydrogen-bond acceptors (Lipinski definition) is 4. The number of methoxy groups -OCH3 is 1. The van der Waals surface area contributed by atoms with Gasteiger partial charge in [0.1, 0.15) is 0 Å². The van der Waals surface area contributed by atoms with Gasteiger partial charge in [0.2, 0.25) is 0 Å². The van der Waals surface area contributed by atoms with Gasteiger partial charge in [-0.25, -0.2) is 0 Å². The van der Waals surface area contributed by atoms with Crippen LogP contribution in [0.2, 0.25) is 0 Å². The van der Waals surface area contributed by atoms with Gasteiger partial charge in [0.25, 0.3) is 11.8 Å². The van der Waals surface area contributed by atoms with E-state index in [-0.39, 0.29) is 23.0 Å². The molecule has 35 heavy (non-hydrogen) atoms. The molecule has 186 valence electrons. The zero-order valence-corrected chi connectivity index (χ0v) is 19.8. The standard InChI is InChI=1S/C25H27F3N4O3/c1-15-4-5-18(10-21(15)25(26,27)28)24(34)31-11-17(12-31)13-32-14-20-16(2)19(6-7-22(20)30-32)23(33)29-8-9-35-3/h4-7,10,14,17H,8-9,11-13H2,1-3H3,(H,29,33). The molecule has 1 N–H and O–H groups in total. The third-order valence-electron chi connectivity index (χ3n) is 6.32. The zero-order chi connectivity index (χ0) is 25.3. The Kier molecular flexibility index (Phi) is 6.84. The molecule has 0 atom stereocenters. The average Bonchev–Trinajstić information content (AvgIpc) is 3.19. The second-order valence-corrected chi connectivity index (χ2v) is 8.87. The number of nitrogens with one attached hydrogen (secondary N) is 1. The lowest BCUT2D eigenvalue weighted by Gasteiger charge is -2.39. The van der Waals surface area contributed by atoms with Crippen LogP contribution in [0.1, 0.15) is 37.4 Å². The fourth-order valence-electron chi connectivity index (χ4n) is 4.34. The lowest BCUT2D eigenvalue weighted by Crippen LogP contribution is -2.51. The molecular formula is C25H27F3N4O3. The lowest BCUT2D eigenvalue weighted by atomic mass is 9.97. The highest BCUT2D eigenvalue weighted by Gasteiger charge is 2.35. The predicted molar refractivity (Wildman–Crippen MR) is 124 cm³/mol. The van der Waals surface area contributed by atoms with E-state index < -0.39 is 17.6 Å². The number of amides is 2. The number of halogens is 3. The Hall–Kier alpha value is -3.40. The maximum atomic E-state index is 13.2. The Bertz CT molecular complexity index is 1260. The average molecular weight is 489 g/mol. The molecule has 1 fully saturated rings. The number of fused-ring (bicyclic) bond motifs is 1. The SMILES string of the molecule is COCCNC(=O)c1ccc2nn(CC3CN(C(=O)c4ccc(C)c(C(F)(F)F)c4)C3)cc2c1C. The van der Waals surface area contributed by atoms with Gasteiger partial charge < -0.3 is 15.0 Å². The summed E-state index contributed by atoms with van der Waals surface area (Å²) in [6, 6.07) is 7.24. The van der Waals surface area contributed by atoms with E-state index in [1.807, 2.05) is 13.1 Å². The van der Waals surface area contributed by atoms with Crippen molar-refractivity contribution in [3.63, 3.8) is 0 Å². The van der Waals surface area contributed by atoms with Crippen molar-refractivity contribution in [3.8, 4) is 0 Å². The third-order valence-corrected chi connectivity index (χ3v) is 6.32. The molecule has 0 aliphatic carbocycles. The Balaban J connectivity index is 1.40. The van der Waals surface area contributed by atoms with Crippen LogP contribution in [0.4, 0.5) is 13.2 Å². The van der Waals surface area contributed by atoms with E-state index in [1.54, 1.807) is 28.8 Å². The number of likely N-dealkylation sites (tertiary alicyclic amines) is 1. The summed E-state index contributed by atoms with van der Waals surface area (Å²) in [5.41, 5.74) is 1.51. The molecule has 4 rings (SSSR count). The molecule has 2 amide bonds. The molecule has 2 heterocycles. The summed E-state index contributed by atoms with van der Waals surface area (Å²) in [4.78, 5) is 26.7. The van der Waals surface area contributed by atoms with Crippen molar-refractivity contribution in [3.05, 3.63) is 64.3 Å². The van der Waals surface area contributed by atoms with Crippen LogP contribution in [0.25, 0.3) is 10.9 Å². The molecule has 7 nitrogen and oxygen atoms in total. The van der Waals surface area contributed by atoms with Gasteiger partial charge in [-0.15, -0.1) is 0 Å². The van der Waals surface area contributed by atoms with Gasteiger partial charge in [-0.3, -0.25) is 14.3 Å². The first-order chi connectivity index (χ1) is 16.6. The predicted octanol–water partition coefficient (Wildman–Crippen LogP) is 3.82. The number of rotatable bonds is 7. The summed E-state index contributed by atoms with van der Waals surface area (Å²) in [7, 11) is 1.57. The van der Waals surface area contributed by atoms with Gasteiger partial charge in [0.05, 0.1) is 17.7 Å². The fraction of sp³-hybridized carbons (Fsp3) is 0.400. The van der Waals surface area contributed by atoms with E-state index in [4.69, 9.17) is 4.74 Å². The van der Waals surface area contributed by atoms with E-state index in [2.05, 4.69) is 10.4 Å². The Morgan fingerprint density at radius 2 is 1.91 bits per heavy atom. The molecule has 0 unspecified atom stereocenters. The molecule has 0 bridgehead atoms. The number of benzene rings is 2. The largest absolute Gasteiger partial charge is 0.416 e. The number of carbonyl (C=O) groups is 2. The van der Waals surface area contributed by atoms with E-state index in [0.717, 1.165) is 22.5 Å². The fourth-order valence-corrected chi connectivity index (χ4v) is 4.34. The minimum atomic E-state index is -4.50. The number of aromatic nitrogens is 2. The molecular weight excluding hydrogens is 461 g/mol. The van der Waals surface area contributed by atoms with Gasteiger partial charge >= 0.3 is 6.18 Å². The summed E-state index contributed by atoms with van der Waals surface area (Å²) in [5, 5.41) is 8.27. The van der Waals surface area contributed by atoms with E-state index in [0.29, 0.717) is 38.3 Å². The molecule has 1 aromatic heterocycles. The van der Waals surface area contributed by atoms with Crippen LogP contribution < -0.4 is 5.32 Å². The van der Waals surface area contributed by atoms with Gasteiger partial charge in [-0.2, -0.15) is 18.3 Å². The molecule has 3 aromatic rings. The van der Waals surface area contributed by atoms with Crippen LogP contribution in [-0.2, 0) is 17.5 Å². The van der Waals surface area contributed by atoms with Gasteiger partial charge in [-0.05, 0) is 49.2 Å².